The zero-order valence-corrected chi connectivity index (χ0v) is 12.1. The van der Waals surface area contributed by atoms with E-state index in [1.807, 2.05) is 31.2 Å². The van der Waals surface area contributed by atoms with Crippen LogP contribution < -0.4 is 10.6 Å². The van der Waals surface area contributed by atoms with Crippen LogP contribution in [0, 0.1) is 12.8 Å². The smallest absolute Gasteiger partial charge is 0.238 e. The molecule has 1 aromatic carbocycles. The Kier molecular flexibility index (Phi) is 4.01. The minimum absolute atomic E-state index is 0.0311. The predicted octanol–water partition coefficient (Wildman–Crippen LogP) is 2.59. The Hall–Kier alpha value is -2.14. The average molecular weight is 285 g/mol. The number of nitrogens with zero attached hydrogens (tertiary/aromatic N) is 1. The number of amides is 1. The molecule has 1 fully saturated rings. The van der Waals surface area contributed by atoms with Crippen molar-refractivity contribution in [1.82, 2.24) is 10.3 Å². The fourth-order valence-electron chi connectivity index (χ4n) is 2.13. The molecule has 1 aromatic heterocycles. The first-order valence-electron chi connectivity index (χ1n) is 7.24. The SMILES string of the molecule is Cc1coc(-c2cccc(NC(=O)CNCC3CC3)c2)n1. The molecule has 1 aliphatic carbocycles. The number of aryl methyl sites for hydroxylation is 1. The highest BCUT2D eigenvalue weighted by Gasteiger charge is 2.20. The first kappa shape index (κ1) is 13.8. The number of oxazole rings is 1. The third-order valence-electron chi connectivity index (χ3n) is 3.43. The van der Waals surface area contributed by atoms with E-state index in [1.165, 1.54) is 12.8 Å². The number of hydrogen-bond donors (Lipinski definition) is 2. The highest BCUT2D eigenvalue weighted by Crippen LogP contribution is 2.27. The van der Waals surface area contributed by atoms with Crippen LogP contribution >= 0.6 is 0 Å². The van der Waals surface area contributed by atoms with Crippen molar-refractivity contribution in [2.45, 2.75) is 19.8 Å². The largest absolute Gasteiger partial charge is 0.444 e. The van der Waals surface area contributed by atoms with Gasteiger partial charge in [0.2, 0.25) is 11.8 Å². The number of nitrogens with one attached hydrogen (secondary N) is 2. The number of carbonyl (C=O) groups is 1. The molecule has 0 bridgehead atoms. The molecular formula is C16H19N3O2. The zero-order valence-electron chi connectivity index (χ0n) is 12.1. The molecule has 1 heterocycles. The molecule has 1 saturated carbocycles. The van der Waals surface area contributed by atoms with Gasteiger partial charge in [-0.2, -0.15) is 0 Å². The highest BCUT2D eigenvalue weighted by molar-refractivity contribution is 5.92. The first-order valence-corrected chi connectivity index (χ1v) is 7.24. The predicted molar refractivity (Wildman–Crippen MR) is 80.9 cm³/mol. The summed E-state index contributed by atoms with van der Waals surface area (Å²) in [5.41, 5.74) is 2.44. The summed E-state index contributed by atoms with van der Waals surface area (Å²) in [5, 5.41) is 6.06. The second kappa shape index (κ2) is 6.10. The topological polar surface area (TPSA) is 67.2 Å². The van der Waals surface area contributed by atoms with E-state index in [0.29, 0.717) is 12.4 Å². The van der Waals surface area contributed by atoms with Gasteiger partial charge in [-0.05, 0) is 50.4 Å². The first-order chi connectivity index (χ1) is 10.2. The average Bonchev–Trinajstić information content (AvgIpc) is 3.18. The Morgan fingerprint density at radius 2 is 2.29 bits per heavy atom. The van der Waals surface area contributed by atoms with Crippen molar-refractivity contribution in [3.05, 3.63) is 36.2 Å². The molecule has 0 radical (unpaired) electrons. The van der Waals surface area contributed by atoms with Gasteiger partial charge in [0.15, 0.2) is 0 Å². The number of rotatable bonds is 6. The van der Waals surface area contributed by atoms with Gasteiger partial charge in [0, 0.05) is 11.3 Å². The Balaban J connectivity index is 1.58. The summed E-state index contributed by atoms with van der Waals surface area (Å²) in [6.07, 6.45) is 4.18. The van der Waals surface area contributed by atoms with Gasteiger partial charge < -0.3 is 15.1 Å². The molecular weight excluding hydrogens is 266 g/mol. The fraction of sp³-hybridized carbons (Fsp3) is 0.375. The van der Waals surface area contributed by atoms with E-state index >= 15 is 0 Å². The molecule has 2 N–H and O–H groups in total. The van der Waals surface area contributed by atoms with E-state index in [2.05, 4.69) is 15.6 Å². The van der Waals surface area contributed by atoms with Crippen LogP contribution in [0.15, 0.2) is 34.9 Å². The van der Waals surface area contributed by atoms with Gasteiger partial charge >= 0.3 is 0 Å². The maximum absolute atomic E-state index is 11.9. The molecule has 0 unspecified atom stereocenters. The van der Waals surface area contributed by atoms with Crippen molar-refractivity contribution in [1.29, 1.82) is 0 Å². The van der Waals surface area contributed by atoms with Crippen molar-refractivity contribution in [2.75, 3.05) is 18.4 Å². The van der Waals surface area contributed by atoms with Gasteiger partial charge in [-0.1, -0.05) is 6.07 Å². The molecule has 5 heteroatoms. The number of anilines is 1. The van der Waals surface area contributed by atoms with Gasteiger partial charge in [0.1, 0.15) is 6.26 Å². The minimum Gasteiger partial charge on any atom is -0.444 e. The lowest BCUT2D eigenvalue weighted by atomic mass is 10.2. The summed E-state index contributed by atoms with van der Waals surface area (Å²) < 4.78 is 5.37. The van der Waals surface area contributed by atoms with Crippen molar-refractivity contribution >= 4 is 11.6 Å². The lowest BCUT2D eigenvalue weighted by molar-refractivity contribution is -0.115. The summed E-state index contributed by atoms with van der Waals surface area (Å²) in [5.74, 6) is 1.31. The number of hydrogen-bond acceptors (Lipinski definition) is 4. The van der Waals surface area contributed by atoms with E-state index in [4.69, 9.17) is 4.42 Å². The van der Waals surface area contributed by atoms with Gasteiger partial charge in [-0.3, -0.25) is 4.79 Å². The molecule has 2 aromatic rings. The molecule has 0 aliphatic heterocycles. The number of benzene rings is 1. The molecule has 21 heavy (non-hydrogen) atoms. The molecule has 1 aliphatic rings. The molecule has 0 saturated heterocycles. The van der Waals surface area contributed by atoms with Gasteiger partial charge in [0.25, 0.3) is 0 Å². The van der Waals surface area contributed by atoms with E-state index in [-0.39, 0.29) is 5.91 Å². The van der Waals surface area contributed by atoms with Crippen molar-refractivity contribution in [2.24, 2.45) is 5.92 Å². The third kappa shape index (κ3) is 3.92. The number of carbonyl (C=O) groups excluding carboxylic acids is 1. The lowest BCUT2D eigenvalue weighted by Crippen LogP contribution is -2.29. The summed E-state index contributed by atoms with van der Waals surface area (Å²) >= 11 is 0. The van der Waals surface area contributed by atoms with Crippen LogP contribution in [0.3, 0.4) is 0 Å². The maximum Gasteiger partial charge on any atom is 0.238 e. The van der Waals surface area contributed by atoms with Crippen molar-refractivity contribution < 1.29 is 9.21 Å². The van der Waals surface area contributed by atoms with Gasteiger partial charge in [0.05, 0.1) is 12.2 Å². The molecule has 3 rings (SSSR count). The summed E-state index contributed by atoms with van der Waals surface area (Å²) in [6.45, 7) is 3.16. The molecule has 110 valence electrons. The molecule has 1 amide bonds. The van der Waals surface area contributed by atoms with Crippen LogP contribution in [0.4, 0.5) is 5.69 Å². The van der Waals surface area contributed by atoms with Gasteiger partial charge in [-0.15, -0.1) is 0 Å². The summed E-state index contributed by atoms with van der Waals surface area (Å²) in [7, 11) is 0. The molecule has 5 nitrogen and oxygen atoms in total. The van der Waals surface area contributed by atoms with Crippen LogP contribution in [0.1, 0.15) is 18.5 Å². The Morgan fingerprint density at radius 3 is 3.00 bits per heavy atom. The van der Waals surface area contributed by atoms with Crippen LogP contribution in [0.2, 0.25) is 0 Å². The molecule has 0 atom stereocenters. The minimum atomic E-state index is -0.0311. The normalized spacial score (nSPS) is 14.1. The Labute approximate surface area is 123 Å². The summed E-state index contributed by atoms with van der Waals surface area (Å²) in [4.78, 5) is 16.1. The van der Waals surface area contributed by atoms with Crippen molar-refractivity contribution in [3.63, 3.8) is 0 Å². The van der Waals surface area contributed by atoms with E-state index in [1.54, 1.807) is 6.26 Å². The van der Waals surface area contributed by atoms with Gasteiger partial charge in [-0.25, -0.2) is 4.98 Å². The quantitative estimate of drug-likeness (QED) is 0.856. The van der Waals surface area contributed by atoms with Crippen LogP contribution in [-0.4, -0.2) is 24.0 Å². The van der Waals surface area contributed by atoms with Crippen molar-refractivity contribution in [3.8, 4) is 11.5 Å². The monoisotopic (exact) mass is 285 g/mol. The maximum atomic E-state index is 11.9. The lowest BCUT2D eigenvalue weighted by Gasteiger charge is -2.07. The number of aromatic nitrogens is 1. The van der Waals surface area contributed by atoms with Crippen LogP contribution in [-0.2, 0) is 4.79 Å². The Bertz CT molecular complexity index is 632. The standard InChI is InChI=1S/C16H19N3O2/c1-11-10-21-16(18-11)13-3-2-4-14(7-13)19-15(20)9-17-8-12-5-6-12/h2-4,7,10,12,17H,5-6,8-9H2,1H3,(H,19,20). The van der Waals surface area contributed by atoms with E-state index in [9.17, 15) is 4.79 Å². The van der Waals surface area contributed by atoms with Crippen LogP contribution in [0.5, 0.6) is 0 Å². The van der Waals surface area contributed by atoms with E-state index in [0.717, 1.165) is 29.4 Å². The Morgan fingerprint density at radius 1 is 1.43 bits per heavy atom. The third-order valence-corrected chi connectivity index (χ3v) is 3.43. The second-order valence-electron chi connectivity index (χ2n) is 5.50. The van der Waals surface area contributed by atoms with Crippen LogP contribution in [0.25, 0.3) is 11.5 Å². The molecule has 0 spiro atoms. The zero-order chi connectivity index (χ0) is 14.7. The van der Waals surface area contributed by atoms with E-state index < -0.39 is 0 Å². The summed E-state index contributed by atoms with van der Waals surface area (Å²) in [6, 6.07) is 7.51. The second-order valence-corrected chi connectivity index (χ2v) is 5.50. The fourth-order valence-corrected chi connectivity index (χ4v) is 2.13. The highest BCUT2D eigenvalue weighted by atomic mass is 16.3.